The van der Waals surface area contributed by atoms with E-state index in [0.717, 1.165) is 10.7 Å². The zero-order chi connectivity index (χ0) is 13.1. The van der Waals surface area contributed by atoms with Crippen LogP contribution in [0.4, 0.5) is 4.39 Å². The van der Waals surface area contributed by atoms with E-state index >= 15 is 0 Å². The maximum absolute atomic E-state index is 12.9. The lowest BCUT2D eigenvalue weighted by molar-refractivity contribution is 0.226. The van der Waals surface area contributed by atoms with Gasteiger partial charge in [-0.25, -0.2) is 9.37 Å². The van der Waals surface area contributed by atoms with Gasteiger partial charge in [-0.1, -0.05) is 11.6 Å². The third-order valence-electron chi connectivity index (χ3n) is 2.25. The summed E-state index contributed by atoms with van der Waals surface area (Å²) in [7, 11) is 0. The molecule has 2 rings (SSSR count). The molecule has 0 N–H and O–H groups in total. The minimum atomic E-state index is -0.390. The fourth-order valence-corrected chi connectivity index (χ4v) is 2.63. The van der Waals surface area contributed by atoms with Crippen molar-refractivity contribution in [3.63, 3.8) is 0 Å². The summed E-state index contributed by atoms with van der Waals surface area (Å²) in [5.41, 5.74) is 0.817. The molecule has 1 atom stereocenters. The molecule has 1 aromatic heterocycles. The second kappa shape index (κ2) is 5.87. The Kier molecular flexibility index (Phi) is 4.43. The number of hydrogen-bond acceptors (Lipinski definition) is 3. The van der Waals surface area contributed by atoms with Gasteiger partial charge in [0.25, 0.3) is 0 Å². The first-order chi connectivity index (χ1) is 8.60. The van der Waals surface area contributed by atoms with Crippen LogP contribution in [0.3, 0.4) is 0 Å². The normalized spacial score (nSPS) is 12.4. The average Bonchev–Trinajstić information content (AvgIpc) is 2.81. The highest BCUT2D eigenvalue weighted by atomic mass is 35.5. The first-order valence-corrected chi connectivity index (χ1v) is 7.01. The van der Waals surface area contributed by atoms with Gasteiger partial charge in [-0.2, -0.15) is 0 Å². The van der Waals surface area contributed by atoms with Crippen LogP contribution in [0.1, 0.15) is 23.7 Å². The number of benzene rings is 1. The minimum Gasteiger partial charge on any atom is -0.482 e. The first-order valence-electron chi connectivity index (χ1n) is 5.22. The molecule has 0 amide bonds. The molecule has 0 aliphatic rings. The molecule has 6 heteroatoms. The number of alkyl halides is 1. The van der Waals surface area contributed by atoms with E-state index < -0.39 is 5.82 Å². The quantitative estimate of drug-likeness (QED) is 0.756. The number of rotatable bonds is 4. The Balaban J connectivity index is 2.13. The van der Waals surface area contributed by atoms with Crippen molar-refractivity contribution >= 4 is 34.5 Å². The van der Waals surface area contributed by atoms with Crippen molar-refractivity contribution in [2.45, 2.75) is 18.9 Å². The number of aromatic nitrogens is 1. The highest BCUT2D eigenvalue weighted by molar-refractivity contribution is 7.09. The molecule has 0 fully saturated rings. The van der Waals surface area contributed by atoms with E-state index in [-0.39, 0.29) is 11.1 Å². The SMILES string of the molecule is CC(Oc1ccc(F)cc1Cl)c1nc(CCl)cs1. The fraction of sp³-hybridized carbons (Fsp3) is 0.250. The van der Waals surface area contributed by atoms with Crippen LogP contribution in [0.15, 0.2) is 23.6 Å². The standard InChI is InChI=1S/C12H10Cl2FNOS/c1-7(12-16-9(5-13)6-18-12)17-11-3-2-8(15)4-10(11)14/h2-4,6-7H,5H2,1H3. The molecular formula is C12H10Cl2FNOS. The van der Waals surface area contributed by atoms with Crippen LogP contribution in [0.2, 0.25) is 5.02 Å². The van der Waals surface area contributed by atoms with Crippen LogP contribution in [0, 0.1) is 5.82 Å². The van der Waals surface area contributed by atoms with Crippen molar-refractivity contribution < 1.29 is 9.13 Å². The van der Waals surface area contributed by atoms with Crippen LogP contribution in [-0.2, 0) is 5.88 Å². The lowest BCUT2D eigenvalue weighted by atomic mass is 10.3. The largest absolute Gasteiger partial charge is 0.482 e. The minimum absolute atomic E-state index is 0.246. The number of thiazole rings is 1. The van der Waals surface area contributed by atoms with Gasteiger partial charge < -0.3 is 4.74 Å². The summed E-state index contributed by atoms with van der Waals surface area (Å²) in [5.74, 6) is 0.424. The van der Waals surface area contributed by atoms with Gasteiger partial charge in [-0.05, 0) is 25.1 Å². The van der Waals surface area contributed by atoms with Crippen molar-refractivity contribution in [3.05, 3.63) is 45.1 Å². The van der Waals surface area contributed by atoms with E-state index in [1.807, 2.05) is 12.3 Å². The number of halogens is 3. The Bertz CT molecular complexity index is 547. The van der Waals surface area contributed by atoms with Crippen LogP contribution >= 0.6 is 34.5 Å². The van der Waals surface area contributed by atoms with E-state index in [9.17, 15) is 4.39 Å². The van der Waals surface area contributed by atoms with Crippen LogP contribution in [-0.4, -0.2) is 4.98 Å². The molecule has 0 saturated carbocycles. The van der Waals surface area contributed by atoms with E-state index in [0.29, 0.717) is 11.6 Å². The van der Waals surface area contributed by atoms with Gasteiger partial charge in [0.1, 0.15) is 22.7 Å². The van der Waals surface area contributed by atoms with Crippen molar-refractivity contribution in [2.75, 3.05) is 0 Å². The molecule has 0 bridgehead atoms. The Morgan fingerprint density at radius 2 is 2.28 bits per heavy atom. The Morgan fingerprint density at radius 1 is 1.50 bits per heavy atom. The number of hydrogen-bond donors (Lipinski definition) is 0. The molecule has 0 spiro atoms. The predicted octanol–water partition coefficient (Wildman–Crippen LogP) is 4.81. The fourth-order valence-electron chi connectivity index (χ4n) is 1.38. The average molecular weight is 306 g/mol. The third kappa shape index (κ3) is 3.13. The van der Waals surface area contributed by atoms with Gasteiger partial charge in [0.2, 0.25) is 0 Å². The monoisotopic (exact) mass is 305 g/mol. The van der Waals surface area contributed by atoms with Gasteiger partial charge in [0.05, 0.1) is 16.6 Å². The zero-order valence-corrected chi connectivity index (χ0v) is 11.8. The molecule has 0 radical (unpaired) electrons. The highest BCUT2D eigenvalue weighted by Gasteiger charge is 2.14. The Labute approximate surface area is 118 Å². The first kappa shape index (κ1) is 13.6. The van der Waals surface area contributed by atoms with Crippen molar-refractivity contribution in [2.24, 2.45) is 0 Å². The maximum atomic E-state index is 12.9. The molecule has 1 unspecified atom stereocenters. The summed E-state index contributed by atoms with van der Waals surface area (Å²) in [6, 6.07) is 4.03. The highest BCUT2D eigenvalue weighted by Crippen LogP contribution is 2.30. The van der Waals surface area contributed by atoms with E-state index in [4.69, 9.17) is 27.9 Å². The van der Waals surface area contributed by atoms with E-state index in [1.165, 1.54) is 29.5 Å². The molecule has 1 aromatic carbocycles. The predicted molar refractivity (Wildman–Crippen MR) is 72.1 cm³/mol. The van der Waals surface area contributed by atoms with Gasteiger partial charge in [0.15, 0.2) is 0 Å². The molecule has 2 nitrogen and oxygen atoms in total. The summed E-state index contributed by atoms with van der Waals surface area (Å²) < 4.78 is 18.5. The van der Waals surface area contributed by atoms with Gasteiger partial charge in [0, 0.05) is 5.38 Å². The maximum Gasteiger partial charge on any atom is 0.147 e. The smallest absolute Gasteiger partial charge is 0.147 e. The van der Waals surface area contributed by atoms with E-state index in [1.54, 1.807) is 0 Å². The summed E-state index contributed by atoms with van der Waals surface area (Å²) in [6.07, 6.45) is -0.255. The summed E-state index contributed by atoms with van der Waals surface area (Å²) in [6.45, 7) is 1.86. The molecular weight excluding hydrogens is 296 g/mol. The molecule has 18 heavy (non-hydrogen) atoms. The van der Waals surface area contributed by atoms with Crippen LogP contribution in [0.5, 0.6) is 5.75 Å². The molecule has 2 aromatic rings. The Hall–Kier alpha value is -0.840. The van der Waals surface area contributed by atoms with Crippen LogP contribution < -0.4 is 4.74 Å². The topological polar surface area (TPSA) is 22.1 Å². The number of ether oxygens (including phenoxy) is 1. The lowest BCUT2D eigenvalue weighted by Gasteiger charge is -2.13. The van der Waals surface area contributed by atoms with Gasteiger partial charge in [-0.3, -0.25) is 0 Å². The molecule has 1 heterocycles. The second-order valence-electron chi connectivity index (χ2n) is 3.65. The van der Waals surface area contributed by atoms with Crippen molar-refractivity contribution in [1.29, 1.82) is 0 Å². The Morgan fingerprint density at radius 3 is 2.89 bits per heavy atom. The molecule has 96 valence electrons. The van der Waals surface area contributed by atoms with Crippen molar-refractivity contribution in [3.8, 4) is 5.75 Å². The van der Waals surface area contributed by atoms with Gasteiger partial charge in [-0.15, -0.1) is 22.9 Å². The van der Waals surface area contributed by atoms with Crippen molar-refractivity contribution in [1.82, 2.24) is 4.98 Å². The number of nitrogens with zero attached hydrogens (tertiary/aromatic N) is 1. The third-order valence-corrected chi connectivity index (χ3v) is 3.88. The molecule has 0 aliphatic carbocycles. The zero-order valence-electron chi connectivity index (χ0n) is 9.49. The molecule has 0 saturated heterocycles. The van der Waals surface area contributed by atoms with Crippen LogP contribution in [0.25, 0.3) is 0 Å². The summed E-state index contributed by atoms with van der Waals surface area (Å²) in [5, 5.41) is 2.94. The molecule has 0 aliphatic heterocycles. The summed E-state index contributed by atoms with van der Waals surface area (Å²) >= 11 is 13.1. The summed E-state index contributed by atoms with van der Waals surface area (Å²) in [4.78, 5) is 4.32. The second-order valence-corrected chi connectivity index (χ2v) is 5.21. The van der Waals surface area contributed by atoms with E-state index in [2.05, 4.69) is 4.98 Å². The van der Waals surface area contributed by atoms with Gasteiger partial charge >= 0.3 is 0 Å². The lowest BCUT2D eigenvalue weighted by Crippen LogP contribution is -2.03.